The first-order valence-electron chi connectivity index (χ1n) is 18.5. The average molecular weight is 688 g/mol. The van der Waals surface area contributed by atoms with Crippen LogP contribution in [0.5, 0.6) is 0 Å². The van der Waals surface area contributed by atoms with Crippen LogP contribution in [0.4, 0.5) is 17.1 Å². The molecule has 0 aliphatic carbocycles. The zero-order chi connectivity index (χ0) is 35.6. The van der Waals surface area contributed by atoms with E-state index in [-0.39, 0.29) is 0 Å². The van der Waals surface area contributed by atoms with Gasteiger partial charge in [0.05, 0.1) is 0 Å². The minimum atomic E-state index is 0.906. The quantitative estimate of drug-likeness (QED) is 0.168. The van der Waals surface area contributed by atoms with E-state index in [0.717, 1.165) is 49.8 Å². The van der Waals surface area contributed by atoms with Crippen LogP contribution in [0.3, 0.4) is 0 Å². The van der Waals surface area contributed by atoms with E-state index in [2.05, 4.69) is 193 Å². The number of furan rings is 1. The molecule has 0 radical (unpaired) electrons. The average Bonchev–Trinajstić information content (AvgIpc) is 3.63. The number of benzene rings is 10. The van der Waals surface area contributed by atoms with Gasteiger partial charge < -0.3 is 9.32 Å². The number of hydrogen-bond donors (Lipinski definition) is 0. The van der Waals surface area contributed by atoms with Gasteiger partial charge in [-0.05, 0) is 115 Å². The summed E-state index contributed by atoms with van der Waals surface area (Å²) in [5, 5.41) is 12.1. The van der Waals surface area contributed by atoms with Gasteiger partial charge in [-0.2, -0.15) is 0 Å². The third kappa shape index (κ3) is 4.96. The van der Waals surface area contributed by atoms with Crippen LogP contribution < -0.4 is 4.90 Å². The van der Waals surface area contributed by atoms with E-state index in [1.165, 1.54) is 54.6 Å². The molecule has 0 spiro atoms. The van der Waals surface area contributed by atoms with Crippen molar-refractivity contribution in [2.45, 2.75) is 0 Å². The third-order valence-corrected chi connectivity index (χ3v) is 11.0. The first-order chi connectivity index (χ1) is 26.7. The second kappa shape index (κ2) is 12.2. The van der Waals surface area contributed by atoms with E-state index in [0.29, 0.717) is 0 Å². The Labute approximate surface area is 312 Å². The largest absolute Gasteiger partial charge is 0.455 e. The Balaban J connectivity index is 1.05. The summed E-state index contributed by atoms with van der Waals surface area (Å²) in [6.45, 7) is 0. The lowest BCUT2D eigenvalue weighted by Crippen LogP contribution is -2.09. The van der Waals surface area contributed by atoms with Crippen molar-refractivity contribution < 1.29 is 4.42 Å². The molecule has 0 atom stereocenters. The lowest BCUT2D eigenvalue weighted by atomic mass is 9.97. The van der Waals surface area contributed by atoms with Gasteiger partial charge in [-0.1, -0.05) is 146 Å². The van der Waals surface area contributed by atoms with Crippen molar-refractivity contribution in [1.29, 1.82) is 0 Å². The molecule has 0 N–H and O–H groups in total. The van der Waals surface area contributed by atoms with Crippen LogP contribution >= 0.6 is 0 Å². The first kappa shape index (κ1) is 30.5. The highest BCUT2D eigenvalue weighted by Crippen LogP contribution is 2.41. The highest BCUT2D eigenvalue weighted by molar-refractivity contribution is 6.16. The van der Waals surface area contributed by atoms with Crippen LogP contribution in [0, 0.1) is 0 Å². The van der Waals surface area contributed by atoms with E-state index in [1.54, 1.807) is 0 Å². The summed E-state index contributed by atoms with van der Waals surface area (Å²) in [5.74, 6) is 0. The summed E-state index contributed by atoms with van der Waals surface area (Å²) in [5.41, 5.74) is 9.87. The predicted octanol–water partition coefficient (Wildman–Crippen LogP) is 15.0. The molecule has 11 aromatic rings. The minimum absolute atomic E-state index is 0.906. The number of para-hydroxylation sites is 1. The molecule has 1 heterocycles. The Morgan fingerprint density at radius 1 is 0.296 bits per heavy atom. The molecule has 54 heavy (non-hydrogen) atoms. The molecular formula is C52H33NO. The summed E-state index contributed by atoms with van der Waals surface area (Å²) < 4.78 is 6.52. The molecule has 0 aliphatic heterocycles. The minimum Gasteiger partial charge on any atom is -0.455 e. The summed E-state index contributed by atoms with van der Waals surface area (Å²) in [7, 11) is 0. The number of hydrogen-bond acceptors (Lipinski definition) is 2. The Kier molecular flexibility index (Phi) is 6.90. The molecule has 0 saturated carbocycles. The van der Waals surface area contributed by atoms with Crippen LogP contribution in [0.25, 0.3) is 87.3 Å². The normalized spacial score (nSPS) is 11.7. The van der Waals surface area contributed by atoms with Crippen molar-refractivity contribution in [3.8, 4) is 22.3 Å². The monoisotopic (exact) mass is 687 g/mol. The maximum Gasteiger partial charge on any atom is 0.143 e. The fourth-order valence-corrected chi connectivity index (χ4v) is 8.33. The number of anilines is 3. The van der Waals surface area contributed by atoms with Crippen LogP contribution in [-0.2, 0) is 0 Å². The number of rotatable bonds is 5. The summed E-state index contributed by atoms with van der Waals surface area (Å²) >= 11 is 0. The fourth-order valence-electron chi connectivity index (χ4n) is 8.33. The molecule has 2 heteroatoms. The zero-order valence-corrected chi connectivity index (χ0v) is 29.4. The number of nitrogens with zero attached hydrogens (tertiary/aromatic N) is 1. The molecule has 0 aliphatic rings. The topological polar surface area (TPSA) is 16.4 Å². The van der Waals surface area contributed by atoms with Crippen molar-refractivity contribution in [2.75, 3.05) is 4.90 Å². The number of fused-ring (bicyclic) bond motifs is 9. The summed E-state index contributed by atoms with van der Waals surface area (Å²) in [6.07, 6.45) is 0. The summed E-state index contributed by atoms with van der Waals surface area (Å²) in [4.78, 5) is 2.35. The second-order valence-electron chi connectivity index (χ2n) is 14.1. The van der Waals surface area contributed by atoms with Gasteiger partial charge in [0, 0.05) is 33.2 Å². The van der Waals surface area contributed by atoms with Gasteiger partial charge in [0.2, 0.25) is 0 Å². The zero-order valence-electron chi connectivity index (χ0n) is 29.4. The Hall–Kier alpha value is -7.16. The maximum absolute atomic E-state index is 6.52. The van der Waals surface area contributed by atoms with Crippen molar-refractivity contribution >= 4 is 82.1 Å². The molecule has 0 unspecified atom stereocenters. The van der Waals surface area contributed by atoms with Gasteiger partial charge >= 0.3 is 0 Å². The van der Waals surface area contributed by atoms with Gasteiger partial charge in [0.1, 0.15) is 11.2 Å². The fraction of sp³-hybridized carbons (Fsp3) is 0. The van der Waals surface area contributed by atoms with E-state index >= 15 is 0 Å². The smallest absolute Gasteiger partial charge is 0.143 e. The van der Waals surface area contributed by atoms with E-state index < -0.39 is 0 Å². The van der Waals surface area contributed by atoms with Crippen LogP contribution in [0.2, 0.25) is 0 Å². The van der Waals surface area contributed by atoms with Gasteiger partial charge in [0.15, 0.2) is 0 Å². The van der Waals surface area contributed by atoms with E-state index in [9.17, 15) is 0 Å². The van der Waals surface area contributed by atoms with Crippen molar-refractivity contribution in [2.24, 2.45) is 0 Å². The molecule has 10 aromatic carbocycles. The van der Waals surface area contributed by atoms with Gasteiger partial charge in [-0.3, -0.25) is 0 Å². The standard InChI is InChI=1S/C52H33NO/c1-3-11-44-35(8-1)10-7-14-45(44)37-22-28-42(29-23-37)53(43-30-24-39-25-31-48-47-13-5-6-15-51(47)54-52(48)50(39)33-43)41-26-20-34(21-27-41)40-19-18-38-17-16-36-9-2-4-12-46(36)49(38)32-40/h1-33H. The first-order valence-corrected chi connectivity index (χ1v) is 18.5. The van der Waals surface area contributed by atoms with Crippen molar-refractivity contribution in [3.63, 3.8) is 0 Å². The van der Waals surface area contributed by atoms with Crippen LogP contribution in [-0.4, -0.2) is 0 Å². The molecule has 0 fully saturated rings. The molecule has 0 amide bonds. The Bertz CT molecular complexity index is 3200. The highest BCUT2D eigenvalue weighted by atomic mass is 16.3. The van der Waals surface area contributed by atoms with Gasteiger partial charge in [-0.25, -0.2) is 0 Å². The maximum atomic E-state index is 6.52. The Morgan fingerprint density at radius 2 is 0.833 bits per heavy atom. The molecule has 1 aromatic heterocycles. The molecule has 2 nitrogen and oxygen atoms in total. The molecule has 252 valence electrons. The van der Waals surface area contributed by atoms with Crippen molar-refractivity contribution in [3.05, 3.63) is 200 Å². The second-order valence-corrected chi connectivity index (χ2v) is 14.1. The lowest BCUT2D eigenvalue weighted by Gasteiger charge is -2.26. The molecule has 11 rings (SSSR count). The Morgan fingerprint density at radius 3 is 1.63 bits per heavy atom. The van der Waals surface area contributed by atoms with Crippen molar-refractivity contribution in [1.82, 2.24) is 0 Å². The molecule has 0 saturated heterocycles. The lowest BCUT2D eigenvalue weighted by molar-refractivity contribution is 0.672. The van der Waals surface area contributed by atoms with Gasteiger partial charge in [-0.15, -0.1) is 0 Å². The third-order valence-electron chi connectivity index (χ3n) is 11.0. The van der Waals surface area contributed by atoms with Crippen LogP contribution in [0.1, 0.15) is 0 Å². The predicted molar refractivity (Wildman–Crippen MR) is 229 cm³/mol. The molecule has 0 bridgehead atoms. The van der Waals surface area contributed by atoms with Gasteiger partial charge in [0.25, 0.3) is 0 Å². The van der Waals surface area contributed by atoms with E-state index in [1.807, 2.05) is 12.1 Å². The highest BCUT2D eigenvalue weighted by Gasteiger charge is 2.17. The molecular weight excluding hydrogens is 655 g/mol. The van der Waals surface area contributed by atoms with Crippen LogP contribution in [0.15, 0.2) is 205 Å². The SMILES string of the molecule is c1ccc2c(-c3ccc(N(c4ccc(-c5ccc6ccc7ccccc7c6c5)cc4)c4ccc5ccc6c7ccccc7oc6c5c4)cc3)cccc2c1. The van der Waals surface area contributed by atoms with E-state index in [4.69, 9.17) is 4.42 Å². The summed E-state index contributed by atoms with van der Waals surface area (Å²) in [6, 6.07) is 72.4.